The summed E-state index contributed by atoms with van der Waals surface area (Å²) in [6.07, 6.45) is 7.50. The molecule has 1 heterocycles. The van der Waals surface area contributed by atoms with Crippen LogP contribution in [0, 0.1) is 0 Å². The van der Waals surface area contributed by atoms with Gasteiger partial charge in [-0.3, -0.25) is 0 Å². The number of carbonyl (C=O) groups is 1. The molecule has 0 radical (unpaired) electrons. The highest BCUT2D eigenvalue weighted by molar-refractivity contribution is 7.98. The molecule has 0 aliphatic carbocycles. The van der Waals surface area contributed by atoms with Gasteiger partial charge >= 0.3 is 0 Å². The summed E-state index contributed by atoms with van der Waals surface area (Å²) in [4.78, 5) is 10.3. The van der Waals surface area contributed by atoms with Gasteiger partial charge in [0.1, 0.15) is 12.0 Å². The summed E-state index contributed by atoms with van der Waals surface area (Å²) in [6.45, 7) is 0.639. The normalized spacial score (nSPS) is 11.0. The van der Waals surface area contributed by atoms with Crippen LogP contribution in [0.25, 0.3) is 17.5 Å². The number of carbonyl (C=O) groups excluding carboxylic acids is 1. The minimum atomic E-state index is 0.530. The number of allylic oxidation sites excluding steroid dienone is 1. The Kier molecular flexibility index (Phi) is 8.54. The summed E-state index contributed by atoms with van der Waals surface area (Å²) >= 11 is 1.70. The molecule has 6 heteroatoms. The first-order chi connectivity index (χ1) is 14.3. The highest BCUT2D eigenvalue weighted by atomic mass is 32.2. The van der Waals surface area contributed by atoms with Gasteiger partial charge in [0.2, 0.25) is 11.8 Å². The molecule has 0 unspecified atom stereocenters. The number of para-hydroxylation sites is 1. The number of aldehydes is 1. The Morgan fingerprint density at radius 3 is 2.62 bits per heavy atom. The summed E-state index contributed by atoms with van der Waals surface area (Å²) in [5.41, 5.74) is 2.01. The Hall–Kier alpha value is -2.86. The molecule has 2 aromatic carbocycles. The maximum Gasteiger partial charge on any atom is 0.247 e. The zero-order chi connectivity index (χ0) is 20.2. The first kappa shape index (κ1) is 20.9. The third-order valence-corrected chi connectivity index (χ3v) is 5.00. The topological polar surface area (TPSA) is 65.2 Å². The first-order valence-corrected chi connectivity index (χ1v) is 10.8. The lowest BCUT2D eigenvalue weighted by molar-refractivity contribution is -0.107. The zero-order valence-electron chi connectivity index (χ0n) is 16.2. The van der Waals surface area contributed by atoms with Crippen LogP contribution in [0.3, 0.4) is 0 Å². The molecule has 150 valence electrons. The van der Waals surface area contributed by atoms with Gasteiger partial charge in [0.05, 0.1) is 12.4 Å². The number of benzene rings is 2. The van der Waals surface area contributed by atoms with Gasteiger partial charge < -0.3 is 13.9 Å². The van der Waals surface area contributed by atoms with Crippen molar-refractivity contribution in [2.24, 2.45) is 0 Å². The second kappa shape index (κ2) is 11.9. The number of hydrogen-bond donors (Lipinski definition) is 0. The van der Waals surface area contributed by atoms with E-state index in [1.165, 1.54) is 0 Å². The molecule has 0 aliphatic rings. The van der Waals surface area contributed by atoms with Gasteiger partial charge in [0.15, 0.2) is 0 Å². The maximum atomic E-state index is 10.3. The quantitative estimate of drug-likeness (QED) is 0.294. The highest BCUT2D eigenvalue weighted by Gasteiger charge is 2.08. The van der Waals surface area contributed by atoms with Gasteiger partial charge in [-0.2, -0.15) is 0 Å². The summed E-state index contributed by atoms with van der Waals surface area (Å²) in [5.74, 6) is 3.53. The van der Waals surface area contributed by atoms with E-state index < -0.39 is 0 Å². The number of hydrogen-bond acceptors (Lipinski definition) is 6. The average Bonchev–Trinajstić information content (AvgIpc) is 3.23. The highest BCUT2D eigenvalue weighted by Crippen LogP contribution is 2.21. The number of rotatable bonds is 12. The second-order valence-electron chi connectivity index (χ2n) is 6.34. The SMILES string of the molecule is O=CCCC/C=C/c1ccc(-c2nnc(CSCCOc3ccccc3)o2)cc1. The van der Waals surface area contributed by atoms with Gasteiger partial charge in [-0.25, -0.2) is 0 Å². The van der Waals surface area contributed by atoms with Crippen molar-refractivity contribution >= 4 is 24.1 Å². The van der Waals surface area contributed by atoms with Crippen molar-refractivity contribution in [1.29, 1.82) is 0 Å². The molecule has 1 aromatic heterocycles. The van der Waals surface area contributed by atoms with Gasteiger partial charge in [0, 0.05) is 17.7 Å². The van der Waals surface area contributed by atoms with Crippen LogP contribution in [0.4, 0.5) is 0 Å². The van der Waals surface area contributed by atoms with Crippen LogP contribution in [0.5, 0.6) is 5.75 Å². The predicted octanol–water partition coefficient (Wildman–Crippen LogP) is 5.43. The van der Waals surface area contributed by atoms with Crippen molar-refractivity contribution in [3.8, 4) is 17.2 Å². The largest absolute Gasteiger partial charge is 0.493 e. The molecule has 0 fully saturated rings. The molecule has 0 bridgehead atoms. The number of nitrogens with zero attached hydrogens (tertiary/aromatic N) is 2. The monoisotopic (exact) mass is 408 g/mol. The van der Waals surface area contributed by atoms with E-state index in [1.54, 1.807) is 11.8 Å². The third kappa shape index (κ3) is 7.23. The smallest absolute Gasteiger partial charge is 0.247 e. The first-order valence-electron chi connectivity index (χ1n) is 9.64. The molecule has 0 amide bonds. The zero-order valence-corrected chi connectivity index (χ0v) is 17.0. The van der Waals surface area contributed by atoms with E-state index in [0.717, 1.165) is 41.8 Å². The van der Waals surface area contributed by atoms with Crippen LogP contribution in [0.15, 0.2) is 65.1 Å². The lowest BCUT2D eigenvalue weighted by Gasteiger charge is -2.04. The number of aromatic nitrogens is 2. The van der Waals surface area contributed by atoms with Crippen molar-refractivity contribution in [2.45, 2.75) is 25.0 Å². The van der Waals surface area contributed by atoms with E-state index in [2.05, 4.69) is 22.3 Å². The number of ether oxygens (including phenoxy) is 1. The molecule has 0 atom stereocenters. The average molecular weight is 409 g/mol. The molecule has 0 N–H and O–H groups in total. The molecule has 0 spiro atoms. The van der Waals surface area contributed by atoms with Crippen LogP contribution >= 0.6 is 11.8 Å². The standard InChI is InChI=1S/C23H24N2O3S/c26-15-7-2-1-4-8-19-11-13-20(14-12-19)23-25-24-22(28-23)18-29-17-16-27-21-9-5-3-6-10-21/h3-6,8-15H,1-2,7,16-18H2/b8-4+. The summed E-state index contributed by atoms with van der Waals surface area (Å²) in [5, 5.41) is 8.27. The van der Waals surface area contributed by atoms with Gasteiger partial charge in [0.25, 0.3) is 0 Å². The lowest BCUT2D eigenvalue weighted by Crippen LogP contribution is -2.00. The molecule has 0 saturated heterocycles. The molecule has 3 rings (SSSR count). The Morgan fingerprint density at radius 1 is 1.00 bits per heavy atom. The van der Waals surface area contributed by atoms with E-state index in [9.17, 15) is 4.79 Å². The Bertz CT molecular complexity index is 892. The van der Waals surface area contributed by atoms with Crippen molar-refractivity contribution < 1.29 is 13.9 Å². The number of unbranched alkanes of at least 4 members (excludes halogenated alkanes) is 2. The van der Waals surface area contributed by atoms with Gasteiger partial charge in [-0.05, 0) is 42.7 Å². The predicted molar refractivity (Wildman–Crippen MR) is 117 cm³/mol. The van der Waals surface area contributed by atoms with Crippen LogP contribution in [-0.2, 0) is 10.5 Å². The van der Waals surface area contributed by atoms with Crippen LogP contribution < -0.4 is 4.74 Å². The van der Waals surface area contributed by atoms with Crippen LogP contribution in [-0.4, -0.2) is 28.8 Å². The maximum absolute atomic E-state index is 10.3. The van der Waals surface area contributed by atoms with Crippen molar-refractivity contribution in [3.05, 3.63) is 72.1 Å². The lowest BCUT2D eigenvalue weighted by atomic mass is 10.1. The molecule has 29 heavy (non-hydrogen) atoms. The van der Waals surface area contributed by atoms with Crippen LogP contribution in [0.1, 0.15) is 30.7 Å². The van der Waals surface area contributed by atoms with Crippen LogP contribution in [0.2, 0.25) is 0 Å². The minimum absolute atomic E-state index is 0.530. The molecule has 5 nitrogen and oxygen atoms in total. The fourth-order valence-electron chi connectivity index (χ4n) is 2.60. The van der Waals surface area contributed by atoms with Crippen molar-refractivity contribution in [2.75, 3.05) is 12.4 Å². The van der Waals surface area contributed by atoms with Crippen molar-refractivity contribution in [3.63, 3.8) is 0 Å². The Balaban J connectivity index is 1.41. The summed E-state index contributed by atoms with van der Waals surface area (Å²) in [7, 11) is 0. The Labute approximate surface area is 175 Å². The fraction of sp³-hybridized carbons (Fsp3) is 0.261. The molecular formula is C23H24N2O3S. The molecular weight excluding hydrogens is 384 g/mol. The third-order valence-electron chi connectivity index (χ3n) is 4.09. The second-order valence-corrected chi connectivity index (χ2v) is 7.44. The molecule has 0 saturated carbocycles. The van der Waals surface area contributed by atoms with E-state index >= 15 is 0 Å². The number of thioether (sulfide) groups is 1. The van der Waals surface area contributed by atoms with Crippen molar-refractivity contribution in [1.82, 2.24) is 10.2 Å². The summed E-state index contributed by atoms with van der Waals surface area (Å²) < 4.78 is 11.4. The summed E-state index contributed by atoms with van der Waals surface area (Å²) in [6, 6.07) is 17.8. The minimum Gasteiger partial charge on any atom is -0.493 e. The van der Waals surface area contributed by atoms with Gasteiger partial charge in [-0.1, -0.05) is 42.5 Å². The Morgan fingerprint density at radius 2 is 1.83 bits per heavy atom. The van der Waals surface area contributed by atoms with E-state index in [-0.39, 0.29) is 0 Å². The molecule has 3 aromatic rings. The molecule has 0 aliphatic heterocycles. The fourth-order valence-corrected chi connectivity index (χ4v) is 3.24. The van der Waals surface area contributed by atoms with Gasteiger partial charge in [-0.15, -0.1) is 22.0 Å². The van der Waals surface area contributed by atoms with E-state index in [0.29, 0.717) is 30.6 Å². The van der Waals surface area contributed by atoms with E-state index in [1.807, 2.05) is 54.6 Å². The van der Waals surface area contributed by atoms with E-state index in [4.69, 9.17) is 9.15 Å².